The Hall–Kier alpha value is -1.25. The smallest absolute Gasteiger partial charge is 0.127 e. The van der Waals surface area contributed by atoms with E-state index < -0.39 is 0 Å². The summed E-state index contributed by atoms with van der Waals surface area (Å²) in [6, 6.07) is 5.42. The minimum atomic E-state index is -0.235. The van der Waals surface area contributed by atoms with E-state index in [2.05, 4.69) is 11.8 Å². The number of halogens is 1. The van der Waals surface area contributed by atoms with Crippen LogP contribution in [-0.4, -0.2) is 12.6 Å². The quantitative estimate of drug-likeness (QED) is 0.813. The van der Waals surface area contributed by atoms with Crippen LogP contribution in [0.25, 0.3) is 0 Å². The normalized spacial score (nSPS) is 20.6. The van der Waals surface area contributed by atoms with Crippen molar-refractivity contribution < 1.29 is 4.39 Å². The van der Waals surface area contributed by atoms with Crippen LogP contribution >= 0.6 is 0 Å². The summed E-state index contributed by atoms with van der Waals surface area (Å²) in [5, 5.41) is 0. The number of anilines is 2. The van der Waals surface area contributed by atoms with Crippen molar-refractivity contribution in [2.45, 2.75) is 45.1 Å². The third-order valence-corrected chi connectivity index (χ3v) is 3.49. The van der Waals surface area contributed by atoms with Crippen LogP contribution < -0.4 is 10.6 Å². The minimum absolute atomic E-state index is 0.235. The van der Waals surface area contributed by atoms with Crippen LogP contribution in [0.1, 0.15) is 39.0 Å². The largest absolute Gasteiger partial charge is 0.399 e. The fraction of sp³-hybridized carbons (Fsp3) is 0.571. The van der Waals surface area contributed by atoms with Gasteiger partial charge in [0, 0.05) is 24.0 Å². The van der Waals surface area contributed by atoms with E-state index in [9.17, 15) is 4.39 Å². The van der Waals surface area contributed by atoms with Gasteiger partial charge in [0.1, 0.15) is 5.82 Å². The van der Waals surface area contributed by atoms with Gasteiger partial charge >= 0.3 is 0 Å². The third-order valence-electron chi connectivity index (χ3n) is 3.49. The Bertz CT molecular complexity index is 356. The van der Waals surface area contributed by atoms with Gasteiger partial charge in [0.05, 0.1) is 0 Å². The van der Waals surface area contributed by atoms with Crippen molar-refractivity contribution in [3.05, 3.63) is 24.0 Å². The summed E-state index contributed by atoms with van der Waals surface area (Å²) in [4.78, 5) is 2.33. The van der Waals surface area contributed by atoms with Crippen molar-refractivity contribution >= 4 is 11.4 Å². The number of nitrogens with zero attached hydrogens (tertiary/aromatic N) is 1. The number of benzene rings is 1. The summed E-state index contributed by atoms with van der Waals surface area (Å²) in [5.41, 5.74) is 7.18. The Morgan fingerprint density at radius 2 is 2.18 bits per heavy atom. The Morgan fingerprint density at radius 1 is 1.35 bits per heavy atom. The Balaban J connectivity index is 2.22. The summed E-state index contributed by atoms with van der Waals surface area (Å²) < 4.78 is 13.4. The summed E-state index contributed by atoms with van der Waals surface area (Å²) >= 11 is 0. The monoisotopic (exact) mass is 236 g/mol. The first-order valence-electron chi connectivity index (χ1n) is 6.53. The number of piperidine rings is 1. The Labute approximate surface area is 103 Å². The van der Waals surface area contributed by atoms with Gasteiger partial charge in [0.2, 0.25) is 0 Å². The van der Waals surface area contributed by atoms with Gasteiger partial charge in [0.15, 0.2) is 0 Å². The van der Waals surface area contributed by atoms with Gasteiger partial charge < -0.3 is 10.6 Å². The molecule has 0 aromatic heterocycles. The maximum absolute atomic E-state index is 13.4. The maximum Gasteiger partial charge on any atom is 0.127 e. The zero-order valence-electron chi connectivity index (χ0n) is 10.5. The predicted octanol–water partition coefficient (Wildman–Crippen LogP) is 3.57. The van der Waals surface area contributed by atoms with Crippen molar-refractivity contribution in [2.24, 2.45) is 0 Å². The van der Waals surface area contributed by atoms with Crippen LogP contribution in [0.3, 0.4) is 0 Å². The molecule has 1 heterocycles. The van der Waals surface area contributed by atoms with Crippen molar-refractivity contribution in [1.82, 2.24) is 0 Å². The summed E-state index contributed by atoms with van der Waals surface area (Å²) in [6.07, 6.45) is 6.04. The molecule has 0 spiro atoms. The molecule has 1 aromatic rings. The van der Waals surface area contributed by atoms with Gasteiger partial charge in [-0.3, -0.25) is 0 Å². The fourth-order valence-corrected chi connectivity index (χ4v) is 2.74. The first-order chi connectivity index (χ1) is 8.20. The van der Waals surface area contributed by atoms with E-state index in [1.165, 1.54) is 38.2 Å². The number of nitrogens with two attached hydrogens (primary N) is 1. The van der Waals surface area contributed by atoms with E-state index in [4.69, 9.17) is 5.73 Å². The molecule has 3 heteroatoms. The van der Waals surface area contributed by atoms with Crippen LogP contribution in [0.5, 0.6) is 0 Å². The number of hydrogen-bond donors (Lipinski definition) is 1. The molecule has 1 atom stereocenters. The van der Waals surface area contributed by atoms with Crippen LogP contribution in [-0.2, 0) is 0 Å². The molecule has 94 valence electrons. The van der Waals surface area contributed by atoms with E-state index in [0.29, 0.717) is 11.7 Å². The average molecular weight is 236 g/mol. The predicted molar refractivity (Wildman–Crippen MR) is 70.7 cm³/mol. The van der Waals surface area contributed by atoms with Crippen molar-refractivity contribution in [2.75, 3.05) is 17.2 Å². The molecule has 1 fully saturated rings. The highest BCUT2D eigenvalue weighted by Crippen LogP contribution is 2.29. The summed E-state index contributed by atoms with van der Waals surface area (Å²) in [7, 11) is 0. The molecule has 17 heavy (non-hydrogen) atoms. The van der Waals surface area contributed by atoms with Crippen molar-refractivity contribution in [3.63, 3.8) is 0 Å². The fourth-order valence-electron chi connectivity index (χ4n) is 2.74. The van der Waals surface area contributed by atoms with Gasteiger partial charge in [0.25, 0.3) is 0 Å². The van der Waals surface area contributed by atoms with Gasteiger partial charge in [-0.15, -0.1) is 0 Å². The molecular weight excluding hydrogens is 215 g/mol. The molecule has 2 N–H and O–H groups in total. The lowest BCUT2D eigenvalue weighted by molar-refractivity contribution is 0.434. The Morgan fingerprint density at radius 3 is 2.88 bits per heavy atom. The van der Waals surface area contributed by atoms with Crippen molar-refractivity contribution in [1.29, 1.82) is 0 Å². The lowest BCUT2D eigenvalue weighted by Gasteiger charge is -2.37. The number of hydrogen-bond acceptors (Lipinski definition) is 2. The Kier molecular flexibility index (Phi) is 3.87. The molecule has 1 saturated heterocycles. The molecule has 0 radical (unpaired) electrons. The molecule has 2 rings (SSSR count). The first-order valence-corrected chi connectivity index (χ1v) is 6.53. The van der Waals surface area contributed by atoms with E-state index >= 15 is 0 Å². The van der Waals surface area contributed by atoms with E-state index in [-0.39, 0.29) is 5.82 Å². The molecule has 0 aliphatic carbocycles. The van der Waals surface area contributed by atoms with Crippen molar-refractivity contribution in [3.8, 4) is 0 Å². The molecule has 1 aliphatic heterocycles. The van der Waals surface area contributed by atoms with Crippen LogP contribution in [0, 0.1) is 5.82 Å². The van der Waals surface area contributed by atoms with Crippen LogP contribution in [0.4, 0.5) is 15.8 Å². The second kappa shape index (κ2) is 5.39. The second-order valence-electron chi connectivity index (χ2n) is 4.87. The topological polar surface area (TPSA) is 29.3 Å². The van der Waals surface area contributed by atoms with E-state index in [1.807, 2.05) is 6.07 Å². The van der Waals surface area contributed by atoms with Gasteiger partial charge in [-0.1, -0.05) is 13.3 Å². The summed E-state index contributed by atoms with van der Waals surface area (Å²) in [6.45, 7) is 3.22. The minimum Gasteiger partial charge on any atom is -0.399 e. The SMILES string of the molecule is CCCC1CCCCN1c1cc(N)cc(F)c1. The van der Waals surface area contributed by atoms with Gasteiger partial charge in [-0.05, 0) is 43.9 Å². The molecular formula is C14H21FN2. The molecule has 0 bridgehead atoms. The second-order valence-corrected chi connectivity index (χ2v) is 4.87. The van der Waals surface area contributed by atoms with E-state index in [0.717, 1.165) is 12.2 Å². The lowest BCUT2D eigenvalue weighted by atomic mass is 9.97. The number of nitrogen functional groups attached to an aromatic ring is 1. The summed E-state index contributed by atoms with van der Waals surface area (Å²) in [5.74, 6) is -0.235. The average Bonchev–Trinajstić information content (AvgIpc) is 2.29. The highest BCUT2D eigenvalue weighted by Gasteiger charge is 2.22. The van der Waals surface area contributed by atoms with Crippen LogP contribution in [0.15, 0.2) is 18.2 Å². The maximum atomic E-state index is 13.4. The lowest BCUT2D eigenvalue weighted by Crippen LogP contribution is -2.39. The zero-order chi connectivity index (χ0) is 12.3. The molecule has 1 aromatic carbocycles. The van der Waals surface area contributed by atoms with Gasteiger partial charge in [-0.2, -0.15) is 0 Å². The first kappa shape index (κ1) is 12.2. The molecule has 1 unspecified atom stereocenters. The highest BCUT2D eigenvalue weighted by molar-refractivity contribution is 5.57. The molecule has 2 nitrogen and oxygen atoms in total. The standard InChI is InChI=1S/C14H21FN2/c1-2-5-13-6-3-4-7-17(13)14-9-11(15)8-12(16)10-14/h8-10,13H,2-7,16H2,1H3. The van der Waals surface area contributed by atoms with Crippen LogP contribution in [0.2, 0.25) is 0 Å². The third kappa shape index (κ3) is 2.90. The highest BCUT2D eigenvalue weighted by atomic mass is 19.1. The zero-order valence-corrected chi connectivity index (χ0v) is 10.5. The molecule has 1 aliphatic rings. The molecule has 0 amide bonds. The van der Waals surface area contributed by atoms with E-state index in [1.54, 1.807) is 6.07 Å². The number of rotatable bonds is 3. The van der Waals surface area contributed by atoms with Gasteiger partial charge in [-0.25, -0.2) is 4.39 Å². The molecule has 0 saturated carbocycles.